The SMILES string of the molecule is CCC(N)C(C)(C)CNC. The maximum atomic E-state index is 5.90. The van der Waals surface area contributed by atoms with Gasteiger partial charge in [0, 0.05) is 12.6 Å². The normalized spacial score (nSPS) is 15.3. The Kier molecular flexibility index (Phi) is 3.91. The molecule has 3 N–H and O–H groups in total. The largest absolute Gasteiger partial charge is 0.327 e. The second-order valence-corrected chi connectivity index (χ2v) is 3.53. The Balaban J connectivity index is 3.82. The van der Waals surface area contributed by atoms with E-state index in [9.17, 15) is 0 Å². The summed E-state index contributed by atoms with van der Waals surface area (Å²) >= 11 is 0. The maximum absolute atomic E-state index is 5.90. The molecular weight excluding hydrogens is 124 g/mol. The van der Waals surface area contributed by atoms with E-state index in [0.717, 1.165) is 13.0 Å². The second-order valence-electron chi connectivity index (χ2n) is 3.53. The fourth-order valence-electron chi connectivity index (χ4n) is 1.14. The molecular formula is C8H20N2. The molecule has 0 amide bonds. The van der Waals surface area contributed by atoms with Crippen LogP contribution in [0.15, 0.2) is 0 Å². The summed E-state index contributed by atoms with van der Waals surface area (Å²) in [5.74, 6) is 0. The monoisotopic (exact) mass is 144 g/mol. The molecule has 10 heavy (non-hydrogen) atoms. The van der Waals surface area contributed by atoms with Gasteiger partial charge in [-0.05, 0) is 18.9 Å². The van der Waals surface area contributed by atoms with Crippen molar-refractivity contribution in [3.63, 3.8) is 0 Å². The Morgan fingerprint density at radius 3 is 2.30 bits per heavy atom. The third-order valence-corrected chi connectivity index (χ3v) is 2.08. The molecule has 2 heteroatoms. The first-order valence-electron chi connectivity index (χ1n) is 3.94. The van der Waals surface area contributed by atoms with E-state index in [1.807, 2.05) is 7.05 Å². The molecule has 0 fully saturated rings. The highest BCUT2D eigenvalue weighted by Gasteiger charge is 2.23. The highest BCUT2D eigenvalue weighted by molar-refractivity contribution is 4.81. The predicted octanol–water partition coefficient (Wildman–Crippen LogP) is 0.969. The first-order chi connectivity index (χ1) is 4.54. The van der Waals surface area contributed by atoms with Crippen molar-refractivity contribution in [1.29, 1.82) is 0 Å². The van der Waals surface area contributed by atoms with Gasteiger partial charge < -0.3 is 11.1 Å². The highest BCUT2D eigenvalue weighted by Crippen LogP contribution is 2.19. The molecule has 0 saturated carbocycles. The van der Waals surface area contributed by atoms with Crippen molar-refractivity contribution in [2.45, 2.75) is 33.2 Å². The summed E-state index contributed by atoms with van der Waals surface area (Å²) in [5.41, 5.74) is 6.12. The lowest BCUT2D eigenvalue weighted by atomic mass is 9.83. The van der Waals surface area contributed by atoms with Crippen LogP contribution in [0.1, 0.15) is 27.2 Å². The Morgan fingerprint density at radius 1 is 1.50 bits per heavy atom. The van der Waals surface area contributed by atoms with Gasteiger partial charge in [-0.25, -0.2) is 0 Å². The van der Waals surface area contributed by atoms with Gasteiger partial charge in [0.05, 0.1) is 0 Å². The Labute approximate surface area is 64.2 Å². The van der Waals surface area contributed by atoms with Crippen LogP contribution in [0.5, 0.6) is 0 Å². The molecule has 0 radical (unpaired) electrons. The molecule has 62 valence electrons. The van der Waals surface area contributed by atoms with Crippen molar-refractivity contribution in [2.75, 3.05) is 13.6 Å². The summed E-state index contributed by atoms with van der Waals surface area (Å²) in [5, 5.41) is 3.14. The Hall–Kier alpha value is -0.0800. The molecule has 0 aliphatic heterocycles. The van der Waals surface area contributed by atoms with E-state index in [1.165, 1.54) is 0 Å². The van der Waals surface area contributed by atoms with Crippen LogP contribution in [0.2, 0.25) is 0 Å². The minimum Gasteiger partial charge on any atom is -0.327 e. The molecule has 0 aliphatic carbocycles. The summed E-state index contributed by atoms with van der Waals surface area (Å²) in [6, 6.07) is 0.306. The molecule has 2 nitrogen and oxygen atoms in total. The number of nitrogens with one attached hydrogen (secondary N) is 1. The average molecular weight is 144 g/mol. The highest BCUT2D eigenvalue weighted by atomic mass is 14.8. The van der Waals surface area contributed by atoms with Crippen molar-refractivity contribution in [1.82, 2.24) is 5.32 Å². The van der Waals surface area contributed by atoms with Gasteiger partial charge in [-0.3, -0.25) is 0 Å². The Bertz CT molecular complexity index is 89.3. The number of hydrogen-bond donors (Lipinski definition) is 2. The third-order valence-electron chi connectivity index (χ3n) is 2.08. The summed E-state index contributed by atoms with van der Waals surface area (Å²) < 4.78 is 0. The van der Waals surface area contributed by atoms with Gasteiger partial charge in [-0.15, -0.1) is 0 Å². The maximum Gasteiger partial charge on any atom is 0.00997 e. The minimum absolute atomic E-state index is 0.226. The van der Waals surface area contributed by atoms with Crippen LogP contribution in [0.25, 0.3) is 0 Å². The van der Waals surface area contributed by atoms with Crippen LogP contribution >= 0.6 is 0 Å². The van der Waals surface area contributed by atoms with Gasteiger partial charge in [-0.1, -0.05) is 20.8 Å². The van der Waals surface area contributed by atoms with E-state index in [4.69, 9.17) is 5.73 Å². The average Bonchev–Trinajstić information content (AvgIpc) is 1.86. The van der Waals surface area contributed by atoms with Crippen LogP contribution in [0, 0.1) is 5.41 Å². The lowest BCUT2D eigenvalue weighted by molar-refractivity contribution is 0.272. The van der Waals surface area contributed by atoms with Gasteiger partial charge in [0.2, 0.25) is 0 Å². The molecule has 0 aliphatic rings. The fourth-order valence-corrected chi connectivity index (χ4v) is 1.14. The molecule has 0 saturated heterocycles. The van der Waals surface area contributed by atoms with Crippen molar-refractivity contribution in [3.05, 3.63) is 0 Å². The minimum atomic E-state index is 0.226. The number of hydrogen-bond acceptors (Lipinski definition) is 2. The van der Waals surface area contributed by atoms with E-state index in [0.29, 0.717) is 6.04 Å². The zero-order chi connectivity index (χ0) is 8.20. The zero-order valence-electron chi connectivity index (χ0n) is 7.57. The standard InChI is InChI=1S/C8H20N2/c1-5-7(9)8(2,3)6-10-4/h7,10H,5-6,9H2,1-4H3. The van der Waals surface area contributed by atoms with Crippen LogP contribution in [0.3, 0.4) is 0 Å². The third kappa shape index (κ3) is 2.67. The van der Waals surface area contributed by atoms with E-state index in [-0.39, 0.29) is 5.41 Å². The van der Waals surface area contributed by atoms with E-state index in [2.05, 4.69) is 26.1 Å². The van der Waals surface area contributed by atoms with E-state index >= 15 is 0 Å². The predicted molar refractivity (Wildman–Crippen MR) is 46.0 cm³/mol. The number of rotatable bonds is 4. The summed E-state index contributed by atoms with van der Waals surface area (Å²) in [7, 11) is 1.96. The first kappa shape index (κ1) is 9.92. The quantitative estimate of drug-likeness (QED) is 0.617. The van der Waals surface area contributed by atoms with Crippen LogP contribution in [0.4, 0.5) is 0 Å². The van der Waals surface area contributed by atoms with Crippen LogP contribution in [-0.4, -0.2) is 19.6 Å². The fraction of sp³-hybridized carbons (Fsp3) is 1.00. The van der Waals surface area contributed by atoms with Crippen molar-refractivity contribution in [2.24, 2.45) is 11.1 Å². The van der Waals surface area contributed by atoms with Gasteiger partial charge in [0.1, 0.15) is 0 Å². The van der Waals surface area contributed by atoms with Crippen LogP contribution in [-0.2, 0) is 0 Å². The summed E-state index contributed by atoms with van der Waals surface area (Å²) in [6.07, 6.45) is 1.05. The van der Waals surface area contributed by atoms with Gasteiger partial charge in [0.25, 0.3) is 0 Å². The molecule has 0 aromatic rings. The lowest BCUT2D eigenvalue weighted by Crippen LogP contribution is -2.43. The van der Waals surface area contributed by atoms with E-state index < -0.39 is 0 Å². The zero-order valence-corrected chi connectivity index (χ0v) is 7.57. The molecule has 0 spiro atoms. The molecule has 0 aromatic heterocycles. The van der Waals surface area contributed by atoms with Gasteiger partial charge in [0.15, 0.2) is 0 Å². The summed E-state index contributed by atoms with van der Waals surface area (Å²) in [6.45, 7) is 7.50. The Morgan fingerprint density at radius 2 is 2.00 bits per heavy atom. The topological polar surface area (TPSA) is 38.0 Å². The molecule has 0 heterocycles. The molecule has 0 aromatic carbocycles. The molecule has 1 atom stereocenters. The molecule has 0 bridgehead atoms. The lowest BCUT2D eigenvalue weighted by Gasteiger charge is -2.30. The number of nitrogens with two attached hydrogens (primary N) is 1. The first-order valence-corrected chi connectivity index (χ1v) is 3.94. The van der Waals surface area contributed by atoms with Crippen LogP contribution < -0.4 is 11.1 Å². The molecule has 1 unspecified atom stereocenters. The van der Waals surface area contributed by atoms with Crippen molar-refractivity contribution < 1.29 is 0 Å². The van der Waals surface area contributed by atoms with Gasteiger partial charge in [-0.2, -0.15) is 0 Å². The summed E-state index contributed by atoms with van der Waals surface area (Å²) in [4.78, 5) is 0. The van der Waals surface area contributed by atoms with Crippen molar-refractivity contribution in [3.8, 4) is 0 Å². The van der Waals surface area contributed by atoms with E-state index in [1.54, 1.807) is 0 Å². The smallest absolute Gasteiger partial charge is 0.00997 e. The van der Waals surface area contributed by atoms with Crippen molar-refractivity contribution >= 4 is 0 Å². The second kappa shape index (κ2) is 3.94. The van der Waals surface area contributed by atoms with Gasteiger partial charge >= 0.3 is 0 Å². The molecule has 0 rings (SSSR count).